The zero-order chi connectivity index (χ0) is 27.8. The summed E-state index contributed by atoms with van der Waals surface area (Å²) < 4.78 is 22.4. The molecule has 4 rings (SSSR count). The molecule has 0 bridgehead atoms. The summed E-state index contributed by atoms with van der Waals surface area (Å²) in [5, 5.41) is 5.77. The van der Waals surface area contributed by atoms with Crippen molar-refractivity contribution < 1.29 is 28.5 Å². The van der Waals surface area contributed by atoms with E-state index < -0.39 is 12.0 Å². The number of benzene rings is 2. The van der Waals surface area contributed by atoms with Gasteiger partial charge < -0.3 is 34.5 Å². The van der Waals surface area contributed by atoms with Gasteiger partial charge in [0.2, 0.25) is 0 Å². The van der Waals surface area contributed by atoms with Gasteiger partial charge >= 0.3 is 12.0 Å². The molecule has 210 valence electrons. The van der Waals surface area contributed by atoms with Crippen LogP contribution >= 0.6 is 0 Å². The van der Waals surface area contributed by atoms with Crippen LogP contribution in [-0.4, -0.2) is 76.6 Å². The Morgan fingerprint density at radius 1 is 0.923 bits per heavy atom. The lowest BCUT2D eigenvalue weighted by Crippen LogP contribution is -2.51. The molecule has 2 N–H and O–H groups in total. The second-order valence-corrected chi connectivity index (χ2v) is 9.15. The molecule has 0 unspecified atom stereocenters. The highest BCUT2D eigenvalue weighted by molar-refractivity contribution is 5.95. The molecule has 0 aliphatic carbocycles. The Labute approximate surface area is 229 Å². The first-order valence-electron chi connectivity index (χ1n) is 13.5. The monoisotopic (exact) mass is 538 g/mol. The Bertz CT molecular complexity index is 1190. The Hall–Kier alpha value is -3.92. The number of rotatable bonds is 11. The fraction of sp³-hybridized carbons (Fsp3) is 0.448. The number of amides is 2. The second kappa shape index (κ2) is 13.2. The molecule has 39 heavy (non-hydrogen) atoms. The number of hydrogen-bond donors (Lipinski definition) is 2. The molecule has 1 fully saturated rings. The van der Waals surface area contributed by atoms with Gasteiger partial charge in [0.25, 0.3) is 0 Å². The lowest BCUT2D eigenvalue weighted by Gasteiger charge is -2.38. The summed E-state index contributed by atoms with van der Waals surface area (Å²) in [5.41, 5.74) is 2.69. The topological polar surface area (TPSA) is 102 Å². The van der Waals surface area contributed by atoms with E-state index in [9.17, 15) is 9.59 Å². The quantitative estimate of drug-likeness (QED) is 0.420. The number of methoxy groups -OCH3 is 1. The number of esters is 1. The maximum atomic E-state index is 13.2. The van der Waals surface area contributed by atoms with Gasteiger partial charge in [-0.15, -0.1) is 0 Å². The molecule has 2 heterocycles. The minimum Gasteiger partial charge on any atom is -0.493 e. The molecule has 0 aromatic heterocycles. The van der Waals surface area contributed by atoms with E-state index in [0.717, 1.165) is 37.6 Å². The zero-order valence-corrected chi connectivity index (χ0v) is 23.1. The van der Waals surface area contributed by atoms with Gasteiger partial charge in [-0.3, -0.25) is 4.90 Å². The SMILES string of the molecule is CCOC(=O)C1=C(CN2CCN(c3ccccc3OCC)CC2)NC(=O)N[C@@H]1c1ccc(OCC)c(OC)c1. The van der Waals surface area contributed by atoms with Crippen LogP contribution in [-0.2, 0) is 9.53 Å². The summed E-state index contributed by atoms with van der Waals surface area (Å²) in [6, 6.07) is 12.4. The minimum atomic E-state index is -0.697. The average Bonchev–Trinajstić information content (AvgIpc) is 2.94. The van der Waals surface area contributed by atoms with Gasteiger partial charge in [-0.2, -0.15) is 0 Å². The highest BCUT2D eigenvalue weighted by Crippen LogP contribution is 2.35. The second-order valence-electron chi connectivity index (χ2n) is 9.15. The van der Waals surface area contributed by atoms with Crippen LogP contribution < -0.4 is 29.7 Å². The first kappa shape index (κ1) is 28.1. The standard InChI is InChI=1S/C29H38N4O6/c1-5-37-23-11-9-8-10-22(23)33-16-14-32(15-17-33)19-21-26(28(34)39-7-3)27(31-29(35)30-21)20-12-13-24(38-6-2)25(18-20)36-4/h8-13,18,27H,5-7,14-17,19H2,1-4H3,(H2,30,31,35)/t27-/m1/s1. The summed E-state index contributed by atoms with van der Waals surface area (Å²) in [4.78, 5) is 30.5. The summed E-state index contributed by atoms with van der Waals surface area (Å²) in [6.45, 7) is 10.5. The highest BCUT2D eigenvalue weighted by Gasteiger charge is 2.35. The van der Waals surface area contributed by atoms with E-state index in [4.69, 9.17) is 18.9 Å². The summed E-state index contributed by atoms with van der Waals surface area (Å²) in [5.74, 6) is 1.52. The van der Waals surface area contributed by atoms with Crippen LogP contribution in [0.25, 0.3) is 0 Å². The zero-order valence-electron chi connectivity index (χ0n) is 23.1. The Morgan fingerprint density at radius 3 is 2.33 bits per heavy atom. The molecule has 2 aromatic rings. The maximum Gasteiger partial charge on any atom is 0.338 e. The predicted molar refractivity (Wildman–Crippen MR) is 148 cm³/mol. The van der Waals surface area contributed by atoms with Gasteiger partial charge in [0.05, 0.1) is 44.2 Å². The van der Waals surface area contributed by atoms with Crippen molar-refractivity contribution in [2.75, 3.05) is 64.6 Å². The van der Waals surface area contributed by atoms with E-state index in [0.29, 0.717) is 48.1 Å². The van der Waals surface area contributed by atoms with Crippen molar-refractivity contribution in [3.05, 3.63) is 59.3 Å². The number of carbonyl (C=O) groups is 2. The number of hydrogen-bond acceptors (Lipinski definition) is 8. The molecule has 2 aromatic carbocycles. The summed E-state index contributed by atoms with van der Waals surface area (Å²) in [6.07, 6.45) is 0. The third kappa shape index (κ3) is 6.57. The van der Waals surface area contributed by atoms with Gasteiger partial charge in [0.15, 0.2) is 11.5 Å². The highest BCUT2D eigenvalue weighted by atomic mass is 16.5. The van der Waals surface area contributed by atoms with Crippen LogP contribution in [0.15, 0.2) is 53.7 Å². The fourth-order valence-electron chi connectivity index (χ4n) is 4.95. The summed E-state index contributed by atoms with van der Waals surface area (Å²) in [7, 11) is 1.56. The van der Waals surface area contributed by atoms with Crippen LogP contribution in [0.1, 0.15) is 32.4 Å². The van der Waals surface area contributed by atoms with Crippen molar-refractivity contribution in [2.24, 2.45) is 0 Å². The van der Waals surface area contributed by atoms with Crippen molar-refractivity contribution in [3.63, 3.8) is 0 Å². The van der Waals surface area contributed by atoms with E-state index in [1.165, 1.54) is 0 Å². The van der Waals surface area contributed by atoms with Gasteiger partial charge in [0.1, 0.15) is 5.75 Å². The van der Waals surface area contributed by atoms with E-state index in [-0.39, 0.29) is 12.6 Å². The molecule has 0 spiro atoms. The lowest BCUT2D eigenvalue weighted by atomic mass is 9.94. The Kier molecular flexibility index (Phi) is 9.54. The van der Waals surface area contributed by atoms with E-state index in [1.54, 1.807) is 26.2 Å². The first-order valence-corrected chi connectivity index (χ1v) is 13.5. The molecular weight excluding hydrogens is 500 g/mol. The predicted octanol–water partition coefficient (Wildman–Crippen LogP) is 3.49. The van der Waals surface area contributed by atoms with Crippen LogP contribution in [0.5, 0.6) is 17.2 Å². The molecule has 1 saturated heterocycles. The molecule has 2 aliphatic heterocycles. The molecule has 0 saturated carbocycles. The van der Waals surface area contributed by atoms with Gasteiger partial charge in [0, 0.05) is 38.4 Å². The number of urea groups is 1. The normalized spacial score (nSPS) is 17.8. The molecule has 2 aliphatic rings. The van der Waals surface area contributed by atoms with Crippen molar-refractivity contribution in [2.45, 2.75) is 26.8 Å². The number of piperazine rings is 1. The minimum absolute atomic E-state index is 0.223. The van der Waals surface area contributed by atoms with E-state index >= 15 is 0 Å². The Balaban J connectivity index is 1.58. The Morgan fingerprint density at radius 2 is 1.64 bits per heavy atom. The number of para-hydroxylation sites is 2. The number of anilines is 1. The molecule has 10 heteroatoms. The van der Waals surface area contributed by atoms with Crippen molar-refractivity contribution in [3.8, 4) is 17.2 Å². The van der Waals surface area contributed by atoms with Crippen molar-refractivity contribution in [1.82, 2.24) is 15.5 Å². The van der Waals surface area contributed by atoms with E-state index in [2.05, 4.69) is 26.5 Å². The number of ether oxygens (including phenoxy) is 4. The summed E-state index contributed by atoms with van der Waals surface area (Å²) >= 11 is 0. The van der Waals surface area contributed by atoms with E-state index in [1.807, 2.05) is 38.1 Å². The van der Waals surface area contributed by atoms with Gasteiger partial charge in [-0.25, -0.2) is 9.59 Å². The molecule has 1 atom stereocenters. The van der Waals surface area contributed by atoms with Crippen LogP contribution in [0.2, 0.25) is 0 Å². The molecule has 0 radical (unpaired) electrons. The smallest absolute Gasteiger partial charge is 0.338 e. The lowest BCUT2D eigenvalue weighted by molar-refractivity contribution is -0.139. The molecular formula is C29H38N4O6. The third-order valence-electron chi connectivity index (χ3n) is 6.73. The van der Waals surface area contributed by atoms with Crippen LogP contribution in [0.3, 0.4) is 0 Å². The van der Waals surface area contributed by atoms with Crippen LogP contribution in [0, 0.1) is 0 Å². The largest absolute Gasteiger partial charge is 0.493 e. The number of carbonyl (C=O) groups excluding carboxylic acids is 2. The third-order valence-corrected chi connectivity index (χ3v) is 6.73. The number of nitrogens with one attached hydrogen (secondary N) is 2. The fourth-order valence-corrected chi connectivity index (χ4v) is 4.95. The average molecular weight is 539 g/mol. The van der Waals surface area contributed by atoms with Crippen molar-refractivity contribution >= 4 is 17.7 Å². The molecule has 10 nitrogen and oxygen atoms in total. The van der Waals surface area contributed by atoms with Gasteiger partial charge in [-0.1, -0.05) is 18.2 Å². The van der Waals surface area contributed by atoms with Gasteiger partial charge in [-0.05, 0) is 50.6 Å². The first-order chi connectivity index (χ1) is 19.0. The van der Waals surface area contributed by atoms with Crippen LogP contribution in [0.4, 0.5) is 10.5 Å². The van der Waals surface area contributed by atoms with Crippen molar-refractivity contribution in [1.29, 1.82) is 0 Å². The molecule has 2 amide bonds. The number of nitrogens with zero attached hydrogens (tertiary/aromatic N) is 2. The maximum absolute atomic E-state index is 13.2.